The van der Waals surface area contributed by atoms with Crippen LogP contribution in [0.5, 0.6) is 0 Å². The first-order chi connectivity index (χ1) is 6.90. The van der Waals surface area contributed by atoms with Gasteiger partial charge in [-0.3, -0.25) is 4.79 Å². The van der Waals surface area contributed by atoms with Crippen LogP contribution in [0.3, 0.4) is 0 Å². The number of aliphatic carboxylic acids is 1. The molecule has 0 bridgehead atoms. The highest BCUT2D eigenvalue weighted by Gasteiger charge is 2.25. The minimum absolute atomic E-state index is 0.0657. The van der Waals surface area contributed by atoms with E-state index < -0.39 is 24.0 Å². The molecule has 0 saturated heterocycles. The number of carbonyl (C=O) groups excluding carboxylic acids is 1. The SMILES string of the molecule is COCC(N)C(=O)NC(C(=O)O)C(C)C. The average molecular weight is 218 g/mol. The number of hydrogen-bond donors (Lipinski definition) is 3. The Morgan fingerprint density at radius 1 is 1.47 bits per heavy atom. The maximum atomic E-state index is 11.4. The third-order valence-corrected chi connectivity index (χ3v) is 1.91. The Morgan fingerprint density at radius 3 is 2.33 bits per heavy atom. The minimum atomic E-state index is -1.07. The van der Waals surface area contributed by atoms with E-state index in [0.29, 0.717) is 0 Å². The largest absolute Gasteiger partial charge is 0.480 e. The summed E-state index contributed by atoms with van der Waals surface area (Å²) in [6.45, 7) is 3.48. The van der Waals surface area contributed by atoms with Crippen LogP contribution in [-0.4, -0.2) is 42.8 Å². The Kier molecular flexibility index (Phi) is 5.88. The number of carboxylic acids is 1. The van der Waals surface area contributed by atoms with Gasteiger partial charge >= 0.3 is 5.97 Å². The molecular weight excluding hydrogens is 200 g/mol. The van der Waals surface area contributed by atoms with Crippen molar-refractivity contribution in [3.63, 3.8) is 0 Å². The molecule has 1 amide bonds. The molecule has 0 spiro atoms. The number of nitrogens with one attached hydrogen (secondary N) is 1. The first kappa shape index (κ1) is 13.9. The van der Waals surface area contributed by atoms with Crippen LogP contribution in [0.4, 0.5) is 0 Å². The summed E-state index contributed by atoms with van der Waals surface area (Å²) in [5.74, 6) is -1.78. The van der Waals surface area contributed by atoms with Gasteiger partial charge in [0.1, 0.15) is 12.1 Å². The van der Waals surface area contributed by atoms with Crippen molar-refractivity contribution < 1.29 is 19.4 Å². The van der Waals surface area contributed by atoms with E-state index in [0.717, 1.165) is 0 Å². The molecular formula is C9H18N2O4. The summed E-state index contributed by atoms with van der Waals surface area (Å²) < 4.78 is 4.69. The summed E-state index contributed by atoms with van der Waals surface area (Å²) in [5, 5.41) is 11.2. The molecule has 0 aromatic rings. The lowest BCUT2D eigenvalue weighted by Gasteiger charge is -2.20. The molecule has 4 N–H and O–H groups in total. The molecule has 0 rings (SSSR count). The second-order valence-electron chi connectivity index (χ2n) is 3.63. The van der Waals surface area contributed by atoms with Crippen LogP contribution in [0, 0.1) is 5.92 Å². The Bertz CT molecular complexity index is 230. The van der Waals surface area contributed by atoms with Gasteiger partial charge in [-0.15, -0.1) is 0 Å². The van der Waals surface area contributed by atoms with Gasteiger partial charge in [-0.05, 0) is 5.92 Å². The van der Waals surface area contributed by atoms with Crippen LogP contribution < -0.4 is 11.1 Å². The Labute approximate surface area is 88.8 Å². The number of carbonyl (C=O) groups is 2. The Balaban J connectivity index is 4.29. The fourth-order valence-corrected chi connectivity index (χ4v) is 1.03. The van der Waals surface area contributed by atoms with E-state index in [1.54, 1.807) is 13.8 Å². The van der Waals surface area contributed by atoms with E-state index in [4.69, 9.17) is 15.6 Å². The summed E-state index contributed by atoms with van der Waals surface area (Å²) in [5.41, 5.74) is 5.45. The number of amides is 1. The van der Waals surface area contributed by atoms with Crippen LogP contribution in [-0.2, 0) is 14.3 Å². The third-order valence-electron chi connectivity index (χ3n) is 1.91. The smallest absolute Gasteiger partial charge is 0.326 e. The summed E-state index contributed by atoms with van der Waals surface area (Å²) >= 11 is 0. The Hall–Kier alpha value is -1.14. The van der Waals surface area contributed by atoms with Gasteiger partial charge in [0.15, 0.2) is 0 Å². The lowest BCUT2D eigenvalue weighted by Crippen LogP contribution is -2.51. The average Bonchev–Trinajstić information content (AvgIpc) is 2.12. The number of ether oxygens (including phenoxy) is 1. The summed E-state index contributed by atoms with van der Waals surface area (Å²) in [6.07, 6.45) is 0. The number of methoxy groups -OCH3 is 1. The first-order valence-corrected chi connectivity index (χ1v) is 4.67. The molecule has 0 fully saturated rings. The van der Waals surface area contributed by atoms with Crippen molar-refractivity contribution in [1.82, 2.24) is 5.32 Å². The van der Waals surface area contributed by atoms with E-state index in [1.807, 2.05) is 0 Å². The molecule has 0 aromatic heterocycles. The molecule has 15 heavy (non-hydrogen) atoms. The van der Waals surface area contributed by atoms with Crippen LogP contribution in [0.2, 0.25) is 0 Å². The number of carboxylic acid groups (broad SMARTS) is 1. The molecule has 0 saturated carbocycles. The van der Waals surface area contributed by atoms with Crippen LogP contribution >= 0.6 is 0 Å². The molecule has 0 aliphatic carbocycles. The fraction of sp³-hybridized carbons (Fsp3) is 0.778. The lowest BCUT2D eigenvalue weighted by molar-refractivity contribution is -0.143. The third kappa shape index (κ3) is 4.75. The predicted molar refractivity (Wildman–Crippen MR) is 54.3 cm³/mol. The molecule has 6 heteroatoms. The second-order valence-corrected chi connectivity index (χ2v) is 3.63. The zero-order chi connectivity index (χ0) is 12.0. The Morgan fingerprint density at radius 2 is 2.00 bits per heavy atom. The van der Waals surface area contributed by atoms with Gasteiger partial charge in [0, 0.05) is 7.11 Å². The summed E-state index contributed by atoms with van der Waals surface area (Å²) in [7, 11) is 1.42. The molecule has 2 atom stereocenters. The topological polar surface area (TPSA) is 102 Å². The van der Waals surface area contributed by atoms with Crippen molar-refractivity contribution in [3.8, 4) is 0 Å². The van der Waals surface area contributed by atoms with Gasteiger partial charge in [-0.1, -0.05) is 13.8 Å². The number of rotatable bonds is 6. The normalized spacial score (nSPS) is 14.7. The fourth-order valence-electron chi connectivity index (χ4n) is 1.03. The molecule has 0 radical (unpaired) electrons. The molecule has 0 aromatic carbocycles. The minimum Gasteiger partial charge on any atom is -0.480 e. The standard InChI is InChI=1S/C9H18N2O4/c1-5(2)7(9(13)14)11-8(12)6(10)4-15-3/h5-7H,4,10H2,1-3H3,(H,11,12)(H,13,14). The predicted octanol–water partition coefficient (Wildman–Crippen LogP) is -0.814. The van der Waals surface area contributed by atoms with Crippen LogP contribution in [0.1, 0.15) is 13.8 Å². The van der Waals surface area contributed by atoms with Crippen molar-refractivity contribution in [1.29, 1.82) is 0 Å². The molecule has 6 nitrogen and oxygen atoms in total. The van der Waals surface area contributed by atoms with Gasteiger partial charge in [0.2, 0.25) is 5.91 Å². The van der Waals surface area contributed by atoms with Crippen molar-refractivity contribution >= 4 is 11.9 Å². The molecule has 2 unspecified atom stereocenters. The maximum Gasteiger partial charge on any atom is 0.326 e. The summed E-state index contributed by atoms with van der Waals surface area (Å²) in [4.78, 5) is 22.1. The molecule has 88 valence electrons. The maximum absolute atomic E-state index is 11.4. The van der Waals surface area contributed by atoms with Gasteiger partial charge in [0.25, 0.3) is 0 Å². The van der Waals surface area contributed by atoms with Crippen molar-refractivity contribution in [2.75, 3.05) is 13.7 Å². The van der Waals surface area contributed by atoms with E-state index in [9.17, 15) is 9.59 Å². The first-order valence-electron chi connectivity index (χ1n) is 4.67. The van der Waals surface area contributed by atoms with Gasteiger partial charge in [-0.25, -0.2) is 4.79 Å². The zero-order valence-electron chi connectivity index (χ0n) is 9.19. The van der Waals surface area contributed by atoms with Gasteiger partial charge < -0.3 is 20.9 Å². The lowest BCUT2D eigenvalue weighted by atomic mass is 10.0. The molecule has 0 aliphatic rings. The highest BCUT2D eigenvalue weighted by atomic mass is 16.5. The monoisotopic (exact) mass is 218 g/mol. The highest BCUT2D eigenvalue weighted by Crippen LogP contribution is 2.01. The highest BCUT2D eigenvalue weighted by molar-refractivity contribution is 5.86. The van der Waals surface area contributed by atoms with E-state index in [-0.39, 0.29) is 12.5 Å². The van der Waals surface area contributed by atoms with Gasteiger partial charge in [0.05, 0.1) is 6.61 Å². The van der Waals surface area contributed by atoms with Gasteiger partial charge in [-0.2, -0.15) is 0 Å². The second kappa shape index (κ2) is 6.36. The van der Waals surface area contributed by atoms with Crippen LogP contribution in [0.25, 0.3) is 0 Å². The van der Waals surface area contributed by atoms with E-state index >= 15 is 0 Å². The van der Waals surface area contributed by atoms with E-state index in [2.05, 4.69) is 5.32 Å². The van der Waals surface area contributed by atoms with Crippen molar-refractivity contribution in [2.24, 2.45) is 11.7 Å². The summed E-state index contributed by atoms with van der Waals surface area (Å²) in [6, 6.07) is -1.75. The van der Waals surface area contributed by atoms with Crippen molar-refractivity contribution in [2.45, 2.75) is 25.9 Å². The zero-order valence-corrected chi connectivity index (χ0v) is 9.19. The van der Waals surface area contributed by atoms with E-state index in [1.165, 1.54) is 7.11 Å². The number of nitrogens with two attached hydrogens (primary N) is 1. The number of hydrogen-bond acceptors (Lipinski definition) is 4. The van der Waals surface area contributed by atoms with Crippen LogP contribution in [0.15, 0.2) is 0 Å². The quantitative estimate of drug-likeness (QED) is 0.541. The molecule has 0 heterocycles. The van der Waals surface area contributed by atoms with Crippen molar-refractivity contribution in [3.05, 3.63) is 0 Å². The molecule has 0 aliphatic heterocycles.